The number of nitrogens with two attached hydrogens (primary N) is 4. The number of pyridine rings is 2. The van der Waals surface area contributed by atoms with Crippen molar-refractivity contribution in [3.63, 3.8) is 0 Å². The highest BCUT2D eigenvalue weighted by Crippen LogP contribution is 2.62. The number of rotatable bonds is 4. The third kappa shape index (κ3) is 12.2. The Hall–Kier alpha value is -4.71. The number of hydrogen-bond acceptors (Lipinski definition) is 34. The minimum Gasteiger partial charge on any atom is -0.397 e. The summed E-state index contributed by atoms with van der Waals surface area (Å²) >= 11 is 21.2. The zero-order valence-corrected chi connectivity index (χ0v) is 52.8. The predicted molar refractivity (Wildman–Crippen MR) is 318 cm³/mol. The molecule has 8 aromatic rings. The number of nitrogens with zero attached hydrogens (tertiary/aromatic N) is 16. The number of nitrogen functional groups attached to an aromatic ring is 4. The van der Waals surface area contributed by atoms with Gasteiger partial charge in [-0.3, -0.25) is 42.2 Å². The molecule has 0 saturated carbocycles. The Kier molecular flexibility index (Phi) is 17.2. The highest BCUT2D eigenvalue weighted by molar-refractivity contribution is 8.44. The SMILES string of the molecule is Nc1nc2c(nnn2[C@@H]2S[C@@H]3COP(O)(=S)O[C@H]4[C@H](F)[C@H](n5nnc6c(N)ccnc65)O[C@@H]4COP(=O)(S)O[C@@H]2[C@@H]3F)c(=O)[nH]1.Nc1nc2c(nnn2[C@@H]2S[C@@H]3COP(O)(=S)O[C@H]4[C@H](F)[C@H](n5nnc6c(N)ccnc65)O[C@@H]4COP(O)(=S)O[C@@H]2[C@@H]3F)c(=O)[nH]1. The highest BCUT2D eigenvalue weighted by atomic mass is 32.7. The second kappa shape index (κ2) is 24.2. The topological polar surface area (TPSA) is 514 Å². The predicted octanol–water partition coefficient (Wildman–Crippen LogP) is 0.736. The van der Waals surface area contributed by atoms with Crippen molar-refractivity contribution in [3.05, 3.63) is 45.2 Å². The maximum Gasteiger partial charge on any atom is 0.386 e. The molecular weight excluding hydrogens is 1410 g/mol. The number of nitrogens with one attached hydrogen (secondary N) is 2. The summed E-state index contributed by atoms with van der Waals surface area (Å²) in [4.78, 5) is 78.4. The van der Waals surface area contributed by atoms with Crippen molar-refractivity contribution < 1.29 is 82.5 Å². The zero-order chi connectivity index (χ0) is 63.7. The molecular formula is C38H42F4N22O16P4S6. The van der Waals surface area contributed by atoms with Gasteiger partial charge in [0.25, 0.3) is 11.1 Å². The molecule has 13 N–H and O–H groups in total. The van der Waals surface area contributed by atoms with E-state index in [0.717, 1.165) is 42.3 Å². The van der Waals surface area contributed by atoms with Crippen LogP contribution in [0.25, 0.3) is 44.7 Å². The third-order valence-corrected chi connectivity index (χ3v) is 23.4. The van der Waals surface area contributed by atoms with E-state index < -0.39 is 160 Å². The molecule has 6 saturated heterocycles. The second-order valence-corrected chi connectivity index (χ2v) is 33.9. The van der Waals surface area contributed by atoms with E-state index in [2.05, 4.69) is 83.4 Å². The number of aromatic nitrogens is 18. The standard InChI is InChI=1S/2C19H21F2N11O8P2S3/c2*20-8-7-4-37-42(35,44)39-12-6(38-17(9(12)21)31-14-10(27-29-31)5(22)1-2-24-14)3-36-41(34,43)40-13(8)18(45-7)32-15-11(28-30-32)16(33)26-19(23)25-15/h2*1-2,6-9,12-13,17-18H,3-4H2,(H2,22,24)(H,34,43)(H,35,44)(H3,23,25,26,33)/t2*6-,7-,8-,9+,12-,13-,17-,18-,41?,42?/m11/s1. The molecule has 8 aromatic heterocycles. The molecule has 0 aliphatic carbocycles. The van der Waals surface area contributed by atoms with Crippen molar-refractivity contribution in [2.24, 2.45) is 0 Å². The van der Waals surface area contributed by atoms with Crippen molar-refractivity contribution in [1.29, 1.82) is 0 Å². The molecule has 6 aliphatic rings. The van der Waals surface area contributed by atoms with Crippen LogP contribution in [0.1, 0.15) is 23.2 Å². The summed E-state index contributed by atoms with van der Waals surface area (Å²) in [6, 6.07) is 2.97. The van der Waals surface area contributed by atoms with E-state index >= 15 is 17.6 Å². The van der Waals surface area contributed by atoms with E-state index in [9.17, 15) is 28.8 Å². The Morgan fingerprint density at radius 2 is 0.922 bits per heavy atom. The van der Waals surface area contributed by atoms with Gasteiger partial charge >= 0.3 is 27.0 Å². The van der Waals surface area contributed by atoms with Crippen molar-refractivity contribution in [2.45, 2.75) is 95.0 Å². The minimum atomic E-state index is -4.46. The molecule has 14 heterocycles. The van der Waals surface area contributed by atoms with Gasteiger partial charge in [0.1, 0.15) is 59.7 Å². The molecule has 14 rings (SSSR count). The number of hydrogen-bond donors (Lipinski definition) is 10. The van der Waals surface area contributed by atoms with E-state index in [0.29, 0.717) is 0 Å². The van der Waals surface area contributed by atoms with Crippen LogP contribution in [0.2, 0.25) is 0 Å². The molecule has 20 atom stereocenters. The maximum absolute atomic E-state index is 16.0. The lowest BCUT2D eigenvalue weighted by atomic mass is 10.1. The Balaban J connectivity index is 0.000000165. The number of fused-ring (bicyclic) bond motifs is 10. The van der Waals surface area contributed by atoms with Gasteiger partial charge in [-0.25, -0.2) is 41.5 Å². The summed E-state index contributed by atoms with van der Waals surface area (Å²) in [6.07, 6.45) is -17.5. The molecule has 0 aromatic carbocycles. The van der Waals surface area contributed by atoms with Crippen LogP contribution >= 0.6 is 62.7 Å². The van der Waals surface area contributed by atoms with Crippen molar-refractivity contribution in [3.8, 4) is 0 Å². The van der Waals surface area contributed by atoms with Crippen molar-refractivity contribution >= 4 is 166 Å². The number of thioether (sulfide) groups is 2. The van der Waals surface area contributed by atoms with Crippen LogP contribution < -0.4 is 34.1 Å². The van der Waals surface area contributed by atoms with Gasteiger partial charge in [0.05, 0.1) is 48.3 Å². The van der Waals surface area contributed by atoms with Gasteiger partial charge < -0.3 is 60.7 Å². The summed E-state index contributed by atoms with van der Waals surface area (Å²) in [6.45, 7) is -19.8. The van der Waals surface area contributed by atoms with Crippen LogP contribution in [0.3, 0.4) is 0 Å². The number of H-pyrrole nitrogens is 2. The Morgan fingerprint density at radius 1 is 0.544 bits per heavy atom. The molecule has 4 bridgehead atoms. The Bertz CT molecular complexity index is 4180. The Morgan fingerprint density at radius 3 is 1.37 bits per heavy atom. The molecule has 484 valence electrons. The Labute approximate surface area is 525 Å². The van der Waals surface area contributed by atoms with Gasteiger partial charge in [-0.1, -0.05) is 33.1 Å². The van der Waals surface area contributed by atoms with Crippen molar-refractivity contribution in [1.82, 2.24) is 89.9 Å². The smallest absolute Gasteiger partial charge is 0.386 e. The summed E-state index contributed by atoms with van der Waals surface area (Å²) in [5, 5.41) is 26.5. The first-order valence-corrected chi connectivity index (χ1v) is 37.9. The summed E-state index contributed by atoms with van der Waals surface area (Å²) < 4.78 is 137. The molecule has 0 radical (unpaired) electrons. The number of thiol groups is 1. The van der Waals surface area contributed by atoms with Crippen LogP contribution in [0.15, 0.2) is 34.1 Å². The number of alkyl halides is 4. The van der Waals surface area contributed by atoms with Crippen LogP contribution in [0.4, 0.5) is 40.8 Å². The highest BCUT2D eigenvalue weighted by Gasteiger charge is 2.57. The first-order valence-electron chi connectivity index (χ1n) is 25.6. The molecule has 0 spiro atoms. The van der Waals surface area contributed by atoms with Crippen LogP contribution in [-0.4, -0.2) is 203 Å². The number of anilines is 4. The second-order valence-electron chi connectivity index (χ2n) is 19.9. The van der Waals surface area contributed by atoms with Gasteiger partial charge in [-0.05, 0) is 47.6 Å². The van der Waals surface area contributed by atoms with Crippen LogP contribution in [0.5, 0.6) is 0 Å². The summed E-state index contributed by atoms with van der Waals surface area (Å²) in [7, 11) is 0. The first-order chi connectivity index (χ1) is 42.6. The normalized spacial score (nSPS) is 37.7. The third-order valence-electron chi connectivity index (χ3n) is 14.1. The van der Waals surface area contributed by atoms with E-state index in [1.807, 2.05) is 0 Å². The lowest BCUT2D eigenvalue weighted by molar-refractivity contribution is -0.0494. The lowest BCUT2D eigenvalue weighted by Gasteiger charge is -2.27. The van der Waals surface area contributed by atoms with Crippen LogP contribution in [-0.2, 0) is 85.6 Å². The number of aromatic amines is 2. The van der Waals surface area contributed by atoms with Gasteiger partial charge in [0.15, 0.2) is 69.5 Å². The largest absolute Gasteiger partial charge is 0.397 e. The number of halogens is 4. The molecule has 0 amide bonds. The minimum absolute atomic E-state index is 0.0905. The quantitative estimate of drug-likeness (QED) is 0.0660. The molecule has 90 heavy (non-hydrogen) atoms. The molecule has 38 nitrogen and oxygen atoms in total. The average Bonchev–Trinajstić information content (AvgIpc) is 1.81. The molecule has 6 fully saturated rings. The molecule has 52 heteroatoms. The van der Waals surface area contributed by atoms with E-state index in [4.69, 9.17) is 104 Å². The molecule has 4 unspecified atom stereocenters. The zero-order valence-electron chi connectivity index (χ0n) is 44.3. The van der Waals surface area contributed by atoms with Gasteiger partial charge in [0.2, 0.25) is 11.9 Å². The van der Waals surface area contributed by atoms with E-state index in [1.54, 1.807) is 0 Å². The summed E-state index contributed by atoms with van der Waals surface area (Å²) in [5.74, 6) is -0.511. The van der Waals surface area contributed by atoms with Gasteiger partial charge in [-0.15, -0.1) is 43.9 Å². The number of ether oxygens (including phenoxy) is 2. The average molecular weight is 1460 g/mol. The lowest BCUT2D eigenvalue weighted by Crippen LogP contribution is -2.34. The molecule has 6 aliphatic heterocycles. The van der Waals surface area contributed by atoms with Crippen molar-refractivity contribution in [2.75, 3.05) is 49.4 Å². The fourth-order valence-electron chi connectivity index (χ4n) is 10.1. The van der Waals surface area contributed by atoms with Crippen LogP contribution in [0, 0.1) is 0 Å². The first kappa shape index (κ1) is 64.0. The van der Waals surface area contributed by atoms with E-state index in [1.165, 1.54) is 24.5 Å². The maximum atomic E-state index is 16.0. The van der Waals surface area contributed by atoms with E-state index in [-0.39, 0.29) is 67.9 Å². The fraction of sp³-hybridized carbons (Fsp3) is 0.526. The van der Waals surface area contributed by atoms with Gasteiger partial charge in [0, 0.05) is 12.4 Å². The summed E-state index contributed by atoms with van der Waals surface area (Å²) in [5.41, 5.74) is 22.2. The fourth-order valence-corrected chi connectivity index (χ4v) is 19.1. The van der Waals surface area contributed by atoms with Gasteiger partial charge in [-0.2, -0.15) is 19.3 Å². The monoisotopic (exact) mass is 1450 g/mol.